The van der Waals surface area contributed by atoms with Crippen molar-refractivity contribution in [3.63, 3.8) is 0 Å². The number of ketones is 1. The smallest absolute Gasteiger partial charge is 0.317 e. The van der Waals surface area contributed by atoms with Gasteiger partial charge in [-0.05, 0) is 31.5 Å². The second kappa shape index (κ2) is 9.97. The van der Waals surface area contributed by atoms with Gasteiger partial charge < -0.3 is 10.5 Å². The van der Waals surface area contributed by atoms with Crippen molar-refractivity contribution < 1.29 is 14.3 Å². The SMILES string of the molecule is CCOC(=O)[C@H](C(C)=O)[C@@H](c1cccc(Cl)c1)[C@H](C#N)C(N)=C(C#N)C#N. The van der Waals surface area contributed by atoms with Crippen LogP contribution in [0.25, 0.3) is 0 Å². The molecule has 0 aromatic heterocycles. The molecule has 138 valence electrons. The van der Waals surface area contributed by atoms with Crippen LogP contribution in [0.2, 0.25) is 5.02 Å². The Morgan fingerprint density at radius 2 is 1.89 bits per heavy atom. The number of hydrogen-bond acceptors (Lipinski definition) is 7. The molecule has 0 aliphatic heterocycles. The molecule has 0 saturated carbocycles. The Kier molecular flexibility index (Phi) is 8.01. The van der Waals surface area contributed by atoms with Crippen LogP contribution < -0.4 is 5.73 Å². The summed E-state index contributed by atoms with van der Waals surface area (Å²) in [5.41, 5.74) is 5.51. The summed E-state index contributed by atoms with van der Waals surface area (Å²) in [6.45, 7) is 2.82. The van der Waals surface area contributed by atoms with Crippen molar-refractivity contribution in [1.29, 1.82) is 15.8 Å². The summed E-state index contributed by atoms with van der Waals surface area (Å²) >= 11 is 6.03. The summed E-state index contributed by atoms with van der Waals surface area (Å²) in [5, 5.41) is 28.2. The number of carbonyl (C=O) groups is 2. The lowest BCUT2D eigenvalue weighted by atomic mass is 9.74. The normalized spacial score (nSPS) is 13.0. The van der Waals surface area contributed by atoms with Crippen molar-refractivity contribution >= 4 is 23.4 Å². The maximum Gasteiger partial charge on any atom is 0.317 e. The van der Waals surface area contributed by atoms with Crippen LogP contribution in [-0.4, -0.2) is 18.4 Å². The molecule has 0 heterocycles. The molecule has 0 unspecified atom stereocenters. The second-order valence-electron chi connectivity index (χ2n) is 5.58. The van der Waals surface area contributed by atoms with Gasteiger partial charge in [0.1, 0.15) is 29.4 Å². The third-order valence-electron chi connectivity index (χ3n) is 3.92. The summed E-state index contributed by atoms with van der Waals surface area (Å²) in [6.07, 6.45) is 0. The van der Waals surface area contributed by atoms with Crippen LogP contribution in [0.4, 0.5) is 0 Å². The van der Waals surface area contributed by atoms with E-state index in [0.29, 0.717) is 10.6 Å². The molecule has 3 atom stereocenters. The highest BCUT2D eigenvalue weighted by molar-refractivity contribution is 6.30. The molecule has 1 aromatic carbocycles. The second-order valence-corrected chi connectivity index (χ2v) is 6.02. The third-order valence-corrected chi connectivity index (χ3v) is 4.15. The summed E-state index contributed by atoms with van der Waals surface area (Å²) in [4.78, 5) is 24.7. The van der Waals surface area contributed by atoms with E-state index in [9.17, 15) is 14.9 Å². The predicted octanol–water partition coefficient (Wildman–Crippen LogP) is 2.59. The summed E-state index contributed by atoms with van der Waals surface area (Å²) in [7, 11) is 0. The highest BCUT2D eigenvalue weighted by atomic mass is 35.5. The van der Waals surface area contributed by atoms with Gasteiger partial charge in [-0.1, -0.05) is 23.7 Å². The standard InChI is InChI=1S/C19H17ClN4O3/c1-3-27-19(26)16(11(2)25)17(12-5-4-6-14(20)7-12)15(10-23)18(24)13(8-21)9-22/h4-7,15-17H,3,24H2,1-2H3/t15-,16+,17-/m0/s1. The zero-order chi connectivity index (χ0) is 20.6. The summed E-state index contributed by atoms with van der Waals surface area (Å²) in [5.74, 6) is -5.09. The fourth-order valence-corrected chi connectivity index (χ4v) is 2.94. The molecule has 0 fully saturated rings. The van der Waals surface area contributed by atoms with Crippen LogP contribution in [0.15, 0.2) is 35.5 Å². The molecule has 0 spiro atoms. The third kappa shape index (κ3) is 5.07. The number of carbonyl (C=O) groups excluding carboxylic acids is 2. The average molecular weight is 385 g/mol. The van der Waals surface area contributed by atoms with Gasteiger partial charge >= 0.3 is 5.97 Å². The molecule has 1 rings (SSSR count). The summed E-state index contributed by atoms with van der Waals surface area (Å²) < 4.78 is 5.00. The first kappa shape index (κ1) is 21.7. The van der Waals surface area contributed by atoms with Gasteiger partial charge in [0.25, 0.3) is 0 Å². The van der Waals surface area contributed by atoms with Crippen LogP contribution in [0, 0.1) is 45.8 Å². The Morgan fingerprint density at radius 3 is 2.33 bits per heavy atom. The van der Waals surface area contributed by atoms with Gasteiger partial charge in [-0.15, -0.1) is 0 Å². The minimum absolute atomic E-state index is 0.0368. The lowest BCUT2D eigenvalue weighted by Crippen LogP contribution is -2.36. The van der Waals surface area contributed by atoms with Crippen LogP contribution in [-0.2, 0) is 14.3 Å². The van der Waals surface area contributed by atoms with E-state index < -0.39 is 35.1 Å². The molecule has 0 amide bonds. The number of halogens is 1. The molecule has 0 bridgehead atoms. The van der Waals surface area contributed by atoms with Crippen molar-refractivity contribution in [3.05, 3.63) is 46.1 Å². The first-order valence-corrected chi connectivity index (χ1v) is 8.32. The summed E-state index contributed by atoms with van der Waals surface area (Å²) in [6, 6.07) is 11.4. The zero-order valence-electron chi connectivity index (χ0n) is 14.8. The lowest BCUT2D eigenvalue weighted by molar-refractivity contribution is -0.152. The van der Waals surface area contributed by atoms with E-state index >= 15 is 0 Å². The fourth-order valence-electron chi connectivity index (χ4n) is 2.74. The lowest BCUT2D eigenvalue weighted by Gasteiger charge is -2.28. The number of nitrogens with zero attached hydrogens (tertiary/aromatic N) is 3. The number of rotatable bonds is 7. The average Bonchev–Trinajstić information content (AvgIpc) is 2.62. The van der Waals surface area contributed by atoms with Crippen LogP contribution >= 0.6 is 11.6 Å². The Labute approximate surface area is 162 Å². The quantitative estimate of drug-likeness (QED) is 0.432. The maximum absolute atomic E-state index is 12.5. The maximum atomic E-state index is 12.5. The number of ether oxygens (including phenoxy) is 1. The molecule has 0 aliphatic carbocycles. The largest absolute Gasteiger partial charge is 0.465 e. The number of hydrogen-bond donors (Lipinski definition) is 1. The van der Waals surface area contributed by atoms with Crippen molar-refractivity contribution in [2.45, 2.75) is 19.8 Å². The number of nitriles is 3. The first-order valence-electron chi connectivity index (χ1n) is 7.94. The molecule has 0 aliphatic rings. The van der Waals surface area contributed by atoms with Gasteiger partial charge in [0.2, 0.25) is 0 Å². The van der Waals surface area contributed by atoms with Gasteiger partial charge in [0.15, 0.2) is 0 Å². The van der Waals surface area contributed by atoms with E-state index in [1.807, 2.05) is 6.07 Å². The number of Topliss-reactive ketones (excluding diaryl/α,β-unsaturated/α-hetero) is 1. The van der Waals surface area contributed by atoms with Crippen molar-refractivity contribution in [1.82, 2.24) is 0 Å². The number of benzene rings is 1. The Balaban J connectivity index is 3.73. The highest BCUT2D eigenvalue weighted by Crippen LogP contribution is 2.38. The molecular weight excluding hydrogens is 368 g/mol. The fraction of sp³-hybridized carbons (Fsp3) is 0.316. The van der Waals surface area contributed by atoms with Crippen molar-refractivity contribution in [2.24, 2.45) is 17.6 Å². The number of esters is 1. The molecule has 7 nitrogen and oxygen atoms in total. The monoisotopic (exact) mass is 384 g/mol. The molecule has 27 heavy (non-hydrogen) atoms. The van der Waals surface area contributed by atoms with Crippen LogP contribution in [0.5, 0.6) is 0 Å². The minimum atomic E-state index is -1.36. The first-order chi connectivity index (χ1) is 12.8. The van der Waals surface area contributed by atoms with Gasteiger partial charge in [-0.3, -0.25) is 9.59 Å². The molecule has 2 N–H and O–H groups in total. The molecule has 8 heteroatoms. The van der Waals surface area contributed by atoms with Gasteiger partial charge in [-0.25, -0.2) is 0 Å². The van der Waals surface area contributed by atoms with E-state index in [4.69, 9.17) is 32.6 Å². The highest BCUT2D eigenvalue weighted by Gasteiger charge is 2.41. The van der Waals surface area contributed by atoms with E-state index in [0.717, 1.165) is 0 Å². The Hall–Kier alpha value is -3.34. The van der Waals surface area contributed by atoms with Crippen molar-refractivity contribution in [3.8, 4) is 18.2 Å². The Bertz CT molecular complexity index is 873. The zero-order valence-corrected chi connectivity index (χ0v) is 15.5. The Morgan fingerprint density at radius 1 is 1.26 bits per heavy atom. The molecular formula is C19H17ClN4O3. The number of allylic oxidation sites excluding steroid dienone is 2. The van der Waals surface area contributed by atoms with Crippen LogP contribution in [0.3, 0.4) is 0 Å². The van der Waals surface area contributed by atoms with E-state index in [1.165, 1.54) is 13.0 Å². The van der Waals surface area contributed by atoms with Crippen LogP contribution in [0.1, 0.15) is 25.3 Å². The van der Waals surface area contributed by atoms with Gasteiger partial charge in [0, 0.05) is 10.9 Å². The topological polar surface area (TPSA) is 141 Å². The minimum Gasteiger partial charge on any atom is -0.465 e. The van der Waals surface area contributed by atoms with E-state index in [1.54, 1.807) is 37.3 Å². The van der Waals surface area contributed by atoms with E-state index in [-0.39, 0.29) is 12.3 Å². The van der Waals surface area contributed by atoms with Gasteiger partial charge in [0.05, 0.1) is 24.3 Å². The van der Waals surface area contributed by atoms with Gasteiger partial charge in [-0.2, -0.15) is 15.8 Å². The predicted molar refractivity (Wildman–Crippen MR) is 96.5 cm³/mol. The number of nitrogens with two attached hydrogens (primary N) is 1. The molecule has 0 saturated heterocycles. The van der Waals surface area contributed by atoms with E-state index in [2.05, 4.69) is 0 Å². The molecule has 0 radical (unpaired) electrons. The van der Waals surface area contributed by atoms with Crippen molar-refractivity contribution in [2.75, 3.05) is 6.61 Å². The molecule has 1 aromatic rings.